The van der Waals surface area contributed by atoms with Crippen LogP contribution in [0.25, 0.3) is 5.65 Å². The summed E-state index contributed by atoms with van der Waals surface area (Å²) in [4.78, 5) is 16.2. The van der Waals surface area contributed by atoms with Gasteiger partial charge < -0.3 is 9.80 Å². The average molecular weight is 274 g/mol. The van der Waals surface area contributed by atoms with Crippen LogP contribution in [0.5, 0.6) is 0 Å². The first kappa shape index (κ1) is 12.8. The summed E-state index contributed by atoms with van der Waals surface area (Å²) >= 11 is 0. The van der Waals surface area contributed by atoms with Crippen molar-refractivity contribution in [2.75, 3.05) is 31.1 Å². The molecule has 3 heterocycles. The van der Waals surface area contributed by atoms with E-state index in [1.807, 2.05) is 21.9 Å². The number of rotatable bonds is 3. The van der Waals surface area contributed by atoms with Crippen molar-refractivity contribution < 1.29 is 4.79 Å². The van der Waals surface area contributed by atoms with Crippen molar-refractivity contribution >= 4 is 17.4 Å². The summed E-state index contributed by atoms with van der Waals surface area (Å²) in [6, 6.07) is 3.77. The molecule has 3 rings (SSSR count). The predicted octanol–water partition coefficient (Wildman–Crippen LogP) is 0.573. The molecular weight excluding hydrogens is 256 g/mol. The number of hydrogen-bond acceptors (Lipinski definition) is 5. The zero-order chi connectivity index (χ0) is 13.9. The summed E-state index contributed by atoms with van der Waals surface area (Å²) in [6.45, 7) is 4.99. The Morgan fingerprint density at radius 2 is 2.20 bits per heavy atom. The second-order valence-corrected chi connectivity index (χ2v) is 4.98. The van der Waals surface area contributed by atoms with Gasteiger partial charge >= 0.3 is 0 Å². The molecule has 1 fully saturated rings. The van der Waals surface area contributed by atoms with Gasteiger partial charge in [0.25, 0.3) is 0 Å². The average Bonchev–Trinajstić information content (AvgIpc) is 2.84. The Kier molecular flexibility index (Phi) is 3.49. The number of hydrogen-bond donors (Lipinski definition) is 0. The smallest absolute Gasteiger partial charge is 0.242 e. The van der Waals surface area contributed by atoms with Gasteiger partial charge in [-0.15, -0.1) is 15.3 Å². The minimum absolute atomic E-state index is 0.176. The molecule has 0 saturated carbocycles. The van der Waals surface area contributed by atoms with Crippen LogP contribution in [0.4, 0.5) is 5.82 Å². The van der Waals surface area contributed by atoms with Gasteiger partial charge in [-0.1, -0.05) is 6.92 Å². The maximum Gasteiger partial charge on any atom is 0.242 e. The summed E-state index contributed by atoms with van der Waals surface area (Å²) in [6.07, 6.45) is 3.53. The molecule has 0 N–H and O–H groups in total. The minimum Gasteiger partial charge on any atom is -0.346 e. The molecule has 0 radical (unpaired) electrons. The van der Waals surface area contributed by atoms with Gasteiger partial charge in [0.2, 0.25) is 5.91 Å². The fraction of sp³-hybridized carbons (Fsp3) is 0.538. The van der Waals surface area contributed by atoms with Crippen molar-refractivity contribution in [2.24, 2.45) is 0 Å². The van der Waals surface area contributed by atoms with Crippen LogP contribution in [0.2, 0.25) is 0 Å². The van der Waals surface area contributed by atoms with Gasteiger partial charge in [0.1, 0.15) is 12.1 Å². The maximum absolute atomic E-state index is 12.2. The highest BCUT2D eigenvalue weighted by Gasteiger charge is 2.22. The van der Waals surface area contributed by atoms with E-state index in [1.165, 1.54) is 0 Å². The van der Waals surface area contributed by atoms with E-state index in [4.69, 9.17) is 0 Å². The molecule has 0 aromatic carbocycles. The summed E-state index contributed by atoms with van der Waals surface area (Å²) < 4.78 is 1.63. The summed E-state index contributed by atoms with van der Waals surface area (Å²) in [5.41, 5.74) is 0.711. The Morgan fingerprint density at radius 3 is 3.05 bits per heavy atom. The Hall–Kier alpha value is -2.18. The van der Waals surface area contributed by atoms with E-state index < -0.39 is 0 Å². The molecule has 106 valence electrons. The number of anilines is 1. The van der Waals surface area contributed by atoms with Gasteiger partial charge in [0.15, 0.2) is 5.65 Å². The van der Waals surface area contributed by atoms with E-state index in [-0.39, 0.29) is 5.91 Å². The molecular formula is C13H18N6O. The molecule has 1 aliphatic heterocycles. The van der Waals surface area contributed by atoms with Crippen molar-refractivity contribution in [2.45, 2.75) is 19.8 Å². The topological polar surface area (TPSA) is 66.6 Å². The Balaban J connectivity index is 1.81. The lowest BCUT2D eigenvalue weighted by molar-refractivity contribution is -0.129. The SMILES string of the molecule is CCCN1CCCN(c2ccc3nncn3n2)CC1=O. The number of amides is 1. The van der Waals surface area contributed by atoms with Crippen LogP contribution in [0.3, 0.4) is 0 Å². The predicted molar refractivity (Wildman–Crippen MR) is 74.5 cm³/mol. The van der Waals surface area contributed by atoms with Gasteiger partial charge in [-0.3, -0.25) is 4.79 Å². The molecule has 7 nitrogen and oxygen atoms in total. The molecule has 2 aromatic heterocycles. The van der Waals surface area contributed by atoms with Crippen molar-refractivity contribution in [1.29, 1.82) is 0 Å². The zero-order valence-electron chi connectivity index (χ0n) is 11.6. The first-order valence-corrected chi connectivity index (χ1v) is 6.97. The quantitative estimate of drug-likeness (QED) is 0.818. The zero-order valence-corrected chi connectivity index (χ0v) is 11.6. The molecule has 0 aliphatic carbocycles. The molecule has 1 amide bonds. The van der Waals surface area contributed by atoms with Crippen LogP contribution in [-0.2, 0) is 4.79 Å². The van der Waals surface area contributed by atoms with E-state index in [1.54, 1.807) is 10.8 Å². The summed E-state index contributed by atoms with van der Waals surface area (Å²) in [5.74, 6) is 0.971. The summed E-state index contributed by atoms with van der Waals surface area (Å²) in [5, 5.41) is 12.2. The van der Waals surface area contributed by atoms with E-state index in [9.17, 15) is 4.79 Å². The Morgan fingerprint density at radius 1 is 1.30 bits per heavy atom. The van der Waals surface area contributed by atoms with Crippen LogP contribution >= 0.6 is 0 Å². The lowest BCUT2D eigenvalue weighted by atomic mass is 10.3. The first-order chi connectivity index (χ1) is 9.78. The van der Waals surface area contributed by atoms with Gasteiger partial charge in [0.05, 0.1) is 6.54 Å². The molecule has 0 atom stereocenters. The van der Waals surface area contributed by atoms with E-state index in [2.05, 4.69) is 22.2 Å². The van der Waals surface area contributed by atoms with Gasteiger partial charge in [0, 0.05) is 19.6 Å². The number of nitrogens with zero attached hydrogens (tertiary/aromatic N) is 6. The van der Waals surface area contributed by atoms with E-state index >= 15 is 0 Å². The molecule has 2 aromatic rings. The summed E-state index contributed by atoms with van der Waals surface area (Å²) in [7, 11) is 0. The molecule has 1 saturated heterocycles. The van der Waals surface area contributed by atoms with Gasteiger partial charge in [-0.25, -0.2) is 0 Å². The minimum atomic E-state index is 0.176. The standard InChI is InChI=1S/C13H18N6O/c1-2-6-17-7-3-8-18(9-13(17)20)12-5-4-11-15-14-10-19(11)16-12/h4-5,10H,2-3,6-9H2,1H3. The Bertz CT molecular complexity index is 610. The highest BCUT2D eigenvalue weighted by molar-refractivity contribution is 5.81. The molecule has 20 heavy (non-hydrogen) atoms. The largest absolute Gasteiger partial charge is 0.346 e. The highest BCUT2D eigenvalue weighted by Crippen LogP contribution is 2.14. The first-order valence-electron chi connectivity index (χ1n) is 6.97. The van der Waals surface area contributed by atoms with Gasteiger partial charge in [-0.05, 0) is 25.0 Å². The fourth-order valence-corrected chi connectivity index (χ4v) is 2.51. The lowest BCUT2D eigenvalue weighted by Crippen LogP contribution is -2.37. The molecule has 1 aliphatic rings. The van der Waals surface area contributed by atoms with E-state index in [0.29, 0.717) is 12.2 Å². The molecule has 0 spiro atoms. The third kappa shape index (κ3) is 2.43. The van der Waals surface area contributed by atoms with Crippen LogP contribution in [0.15, 0.2) is 18.5 Å². The second kappa shape index (κ2) is 5.44. The van der Waals surface area contributed by atoms with Crippen molar-refractivity contribution in [3.05, 3.63) is 18.5 Å². The third-order valence-electron chi connectivity index (χ3n) is 3.50. The van der Waals surface area contributed by atoms with Crippen molar-refractivity contribution in [3.8, 4) is 0 Å². The molecule has 0 bridgehead atoms. The van der Waals surface area contributed by atoms with Gasteiger partial charge in [-0.2, -0.15) is 4.52 Å². The Labute approximate surface area is 117 Å². The number of carbonyl (C=O) groups is 1. The van der Waals surface area contributed by atoms with Crippen LogP contribution in [0, 0.1) is 0 Å². The van der Waals surface area contributed by atoms with Crippen LogP contribution in [0.1, 0.15) is 19.8 Å². The van der Waals surface area contributed by atoms with Crippen LogP contribution < -0.4 is 4.90 Å². The highest BCUT2D eigenvalue weighted by atomic mass is 16.2. The van der Waals surface area contributed by atoms with Crippen molar-refractivity contribution in [1.82, 2.24) is 24.7 Å². The number of aromatic nitrogens is 4. The lowest BCUT2D eigenvalue weighted by Gasteiger charge is -2.21. The second-order valence-electron chi connectivity index (χ2n) is 4.98. The monoisotopic (exact) mass is 274 g/mol. The van der Waals surface area contributed by atoms with Crippen LogP contribution in [-0.4, -0.2) is 56.8 Å². The molecule has 7 heteroatoms. The normalized spacial score (nSPS) is 16.8. The fourth-order valence-electron chi connectivity index (χ4n) is 2.51. The number of fused-ring (bicyclic) bond motifs is 1. The number of carbonyl (C=O) groups excluding carboxylic acids is 1. The maximum atomic E-state index is 12.2. The molecule has 0 unspecified atom stereocenters. The van der Waals surface area contributed by atoms with E-state index in [0.717, 1.165) is 38.3 Å². The van der Waals surface area contributed by atoms with Crippen molar-refractivity contribution in [3.63, 3.8) is 0 Å². The third-order valence-corrected chi connectivity index (χ3v) is 3.50.